The molecule has 0 amide bonds. The van der Waals surface area contributed by atoms with Crippen molar-refractivity contribution in [2.45, 2.75) is 59.3 Å². The lowest BCUT2D eigenvalue weighted by molar-refractivity contribution is 0.384. The standard InChI is InChI=1S/C14H23ClN2/c1-9(2)13-16-10(3)7-11(17-13)8-12(15)14(4,5)6/h7,9,12H,8H2,1-6H3. The van der Waals surface area contributed by atoms with E-state index in [1.54, 1.807) is 0 Å². The maximum atomic E-state index is 6.42. The van der Waals surface area contributed by atoms with Crippen LogP contribution in [0.2, 0.25) is 0 Å². The van der Waals surface area contributed by atoms with Crippen molar-refractivity contribution in [3.63, 3.8) is 0 Å². The fraction of sp³-hybridized carbons (Fsp3) is 0.714. The molecule has 96 valence electrons. The highest BCUT2D eigenvalue weighted by Gasteiger charge is 2.23. The Morgan fingerprint density at radius 3 is 2.29 bits per heavy atom. The molecule has 0 aliphatic carbocycles. The van der Waals surface area contributed by atoms with E-state index in [1.807, 2.05) is 13.0 Å². The van der Waals surface area contributed by atoms with Crippen molar-refractivity contribution < 1.29 is 0 Å². The van der Waals surface area contributed by atoms with Crippen LogP contribution in [0.5, 0.6) is 0 Å². The number of rotatable bonds is 3. The van der Waals surface area contributed by atoms with E-state index >= 15 is 0 Å². The minimum Gasteiger partial charge on any atom is -0.238 e. The lowest BCUT2D eigenvalue weighted by atomic mass is 9.89. The van der Waals surface area contributed by atoms with Crippen molar-refractivity contribution in [3.8, 4) is 0 Å². The van der Waals surface area contributed by atoms with Crippen LogP contribution >= 0.6 is 11.6 Å². The molecule has 17 heavy (non-hydrogen) atoms. The fourth-order valence-electron chi connectivity index (χ4n) is 1.51. The van der Waals surface area contributed by atoms with Crippen LogP contribution in [0.3, 0.4) is 0 Å². The summed E-state index contributed by atoms with van der Waals surface area (Å²) in [6.07, 6.45) is 0.800. The summed E-state index contributed by atoms with van der Waals surface area (Å²) in [7, 11) is 0. The molecule has 3 heteroatoms. The molecule has 0 aliphatic rings. The molecule has 0 bridgehead atoms. The summed E-state index contributed by atoms with van der Waals surface area (Å²) in [5.74, 6) is 1.27. The van der Waals surface area contributed by atoms with Crippen LogP contribution in [0.1, 0.15) is 57.7 Å². The van der Waals surface area contributed by atoms with Crippen molar-refractivity contribution >= 4 is 11.6 Å². The molecule has 0 spiro atoms. The van der Waals surface area contributed by atoms with E-state index in [1.165, 1.54) is 0 Å². The average Bonchev–Trinajstić information content (AvgIpc) is 2.14. The monoisotopic (exact) mass is 254 g/mol. The second kappa shape index (κ2) is 5.34. The molecule has 2 nitrogen and oxygen atoms in total. The molecule has 0 N–H and O–H groups in total. The van der Waals surface area contributed by atoms with E-state index in [0.717, 1.165) is 23.6 Å². The van der Waals surface area contributed by atoms with Crippen molar-refractivity contribution in [3.05, 3.63) is 23.3 Å². The summed E-state index contributed by atoms with van der Waals surface area (Å²) in [5.41, 5.74) is 2.17. The van der Waals surface area contributed by atoms with Gasteiger partial charge in [0.2, 0.25) is 0 Å². The van der Waals surface area contributed by atoms with Crippen LogP contribution in [0.15, 0.2) is 6.07 Å². The Morgan fingerprint density at radius 1 is 1.24 bits per heavy atom. The van der Waals surface area contributed by atoms with E-state index in [9.17, 15) is 0 Å². The zero-order chi connectivity index (χ0) is 13.2. The van der Waals surface area contributed by atoms with E-state index in [2.05, 4.69) is 44.6 Å². The number of hydrogen-bond acceptors (Lipinski definition) is 2. The third kappa shape index (κ3) is 4.27. The number of nitrogens with zero attached hydrogens (tertiary/aromatic N) is 2. The Labute approximate surface area is 110 Å². The number of aryl methyl sites for hydroxylation is 1. The first kappa shape index (κ1) is 14.4. The molecule has 1 heterocycles. The van der Waals surface area contributed by atoms with Gasteiger partial charge in [-0.05, 0) is 18.4 Å². The van der Waals surface area contributed by atoms with Gasteiger partial charge in [0.1, 0.15) is 5.82 Å². The summed E-state index contributed by atoms with van der Waals surface area (Å²) >= 11 is 6.42. The molecule has 0 radical (unpaired) electrons. The van der Waals surface area contributed by atoms with Gasteiger partial charge in [0.05, 0.1) is 0 Å². The molecule has 1 rings (SSSR count). The van der Waals surface area contributed by atoms with Crippen LogP contribution < -0.4 is 0 Å². The number of halogens is 1. The van der Waals surface area contributed by atoms with Gasteiger partial charge < -0.3 is 0 Å². The van der Waals surface area contributed by atoms with Gasteiger partial charge in [-0.25, -0.2) is 9.97 Å². The molecule has 1 atom stereocenters. The third-order valence-electron chi connectivity index (χ3n) is 2.77. The molecular weight excluding hydrogens is 232 g/mol. The summed E-state index contributed by atoms with van der Waals surface area (Å²) in [6.45, 7) is 12.7. The van der Waals surface area contributed by atoms with Crippen LogP contribution in [0, 0.1) is 12.3 Å². The van der Waals surface area contributed by atoms with Gasteiger partial charge in [0.25, 0.3) is 0 Å². The van der Waals surface area contributed by atoms with Crippen LogP contribution in [0.4, 0.5) is 0 Å². The Kier molecular flexibility index (Phi) is 4.54. The molecular formula is C14H23ClN2. The van der Waals surface area contributed by atoms with Gasteiger partial charge in [-0.15, -0.1) is 11.6 Å². The van der Waals surface area contributed by atoms with Crippen LogP contribution in [-0.4, -0.2) is 15.3 Å². The average molecular weight is 255 g/mol. The maximum absolute atomic E-state index is 6.42. The Balaban J connectivity index is 2.92. The molecule has 1 unspecified atom stereocenters. The molecule has 0 fully saturated rings. The quantitative estimate of drug-likeness (QED) is 0.759. The predicted molar refractivity (Wildman–Crippen MR) is 73.7 cm³/mol. The van der Waals surface area contributed by atoms with Crippen molar-refractivity contribution in [1.82, 2.24) is 9.97 Å². The van der Waals surface area contributed by atoms with E-state index < -0.39 is 0 Å². The lowest BCUT2D eigenvalue weighted by Crippen LogP contribution is -2.23. The molecule has 0 saturated heterocycles. The van der Waals surface area contributed by atoms with Crippen molar-refractivity contribution in [2.24, 2.45) is 5.41 Å². The fourth-order valence-corrected chi connectivity index (χ4v) is 1.67. The van der Waals surface area contributed by atoms with Gasteiger partial charge in [0.15, 0.2) is 0 Å². The second-order valence-electron chi connectivity index (χ2n) is 6.05. The van der Waals surface area contributed by atoms with Gasteiger partial charge in [-0.2, -0.15) is 0 Å². The molecule has 1 aromatic heterocycles. The van der Waals surface area contributed by atoms with E-state index in [4.69, 9.17) is 11.6 Å². The number of hydrogen-bond donors (Lipinski definition) is 0. The SMILES string of the molecule is Cc1cc(CC(Cl)C(C)(C)C)nc(C(C)C)n1. The number of aromatic nitrogens is 2. The van der Waals surface area contributed by atoms with Gasteiger partial charge >= 0.3 is 0 Å². The zero-order valence-corrected chi connectivity index (χ0v) is 12.5. The molecule has 0 aromatic carbocycles. The molecule has 0 aliphatic heterocycles. The lowest BCUT2D eigenvalue weighted by Gasteiger charge is -2.25. The van der Waals surface area contributed by atoms with Crippen LogP contribution in [0.25, 0.3) is 0 Å². The zero-order valence-electron chi connectivity index (χ0n) is 11.7. The van der Waals surface area contributed by atoms with Crippen molar-refractivity contribution in [1.29, 1.82) is 0 Å². The Hall–Kier alpha value is -0.630. The van der Waals surface area contributed by atoms with Gasteiger partial charge in [-0.1, -0.05) is 34.6 Å². The minimum atomic E-state index is 0.0943. The first-order valence-electron chi connectivity index (χ1n) is 6.18. The third-order valence-corrected chi connectivity index (χ3v) is 3.58. The Morgan fingerprint density at radius 2 is 1.82 bits per heavy atom. The van der Waals surface area contributed by atoms with E-state index in [-0.39, 0.29) is 10.8 Å². The first-order valence-corrected chi connectivity index (χ1v) is 6.62. The van der Waals surface area contributed by atoms with Gasteiger partial charge in [0, 0.05) is 29.1 Å². The van der Waals surface area contributed by atoms with Gasteiger partial charge in [-0.3, -0.25) is 0 Å². The number of alkyl halides is 1. The molecule has 0 saturated carbocycles. The molecule has 1 aromatic rings. The van der Waals surface area contributed by atoms with Crippen molar-refractivity contribution in [2.75, 3.05) is 0 Å². The predicted octanol–water partition coefficient (Wildman–Crippen LogP) is 4.10. The largest absolute Gasteiger partial charge is 0.238 e. The summed E-state index contributed by atoms with van der Waals surface area (Å²) < 4.78 is 0. The minimum absolute atomic E-state index is 0.0943. The summed E-state index contributed by atoms with van der Waals surface area (Å²) in [4.78, 5) is 9.04. The Bertz CT molecular complexity index is 380. The van der Waals surface area contributed by atoms with Crippen LogP contribution in [-0.2, 0) is 6.42 Å². The topological polar surface area (TPSA) is 25.8 Å². The smallest absolute Gasteiger partial charge is 0.131 e. The maximum Gasteiger partial charge on any atom is 0.131 e. The highest BCUT2D eigenvalue weighted by Crippen LogP contribution is 2.27. The summed E-state index contributed by atoms with van der Waals surface area (Å²) in [5, 5.41) is 0.0943. The highest BCUT2D eigenvalue weighted by atomic mass is 35.5. The normalized spacial score (nSPS) is 14.1. The highest BCUT2D eigenvalue weighted by molar-refractivity contribution is 6.21. The van der Waals surface area contributed by atoms with E-state index in [0.29, 0.717) is 5.92 Å². The summed E-state index contributed by atoms with van der Waals surface area (Å²) in [6, 6.07) is 2.03. The first-order chi connectivity index (χ1) is 7.70. The second-order valence-corrected chi connectivity index (χ2v) is 6.58.